The highest BCUT2D eigenvalue weighted by Crippen LogP contribution is 2.24. The topological polar surface area (TPSA) is 98.4 Å². The summed E-state index contributed by atoms with van der Waals surface area (Å²) in [7, 11) is 1.41. The lowest BCUT2D eigenvalue weighted by Crippen LogP contribution is -2.34. The van der Waals surface area contributed by atoms with E-state index >= 15 is 0 Å². The van der Waals surface area contributed by atoms with E-state index in [1.54, 1.807) is 24.5 Å². The van der Waals surface area contributed by atoms with Crippen LogP contribution in [-0.2, 0) is 11.3 Å². The molecule has 180 valence electrons. The SMILES string of the molecule is COc1cc(C(=O)N[C@@H](CC(=O)NCc2ccoc2)c2ccccc2C)nn1-c1ccccc1F. The molecule has 2 aromatic heterocycles. The van der Waals surface area contributed by atoms with Crippen LogP contribution in [0.5, 0.6) is 5.88 Å². The Hall–Kier alpha value is -4.40. The number of methoxy groups -OCH3 is 1. The zero-order valence-corrected chi connectivity index (χ0v) is 19.3. The Morgan fingerprint density at radius 1 is 1.14 bits per heavy atom. The molecule has 0 saturated heterocycles. The van der Waals surface area contributed by atoms with Crippen LogP contribution in [0.25, 0.3) is 5.69 Å². The van der Waals surface area contributed by atoms with Gasteiger partial charge in [-0.15, -0.1) is 0 Å². The predicted molar refractivity (Wildman–Crippen MR) is 127 cm³/mol. The Bertz CT molecular complexity index is 1320. The first-order valence-electron chi connectivity index (χ1n) is 11.0. The quantitative estimate of drug-likeness (QED) is 0.379. The first kappa shape index (κ1) is 23.7. The first-order chi connectivity index (χ1) is 17.0. The fourth-order valence-electron chi connectivity index (χ4n) is 3.72. The molecule has 0 fully saturated rings. The summed E-state index contributed by atoms with van der Waals surface area (Å²) in [4.78, 5) is 25.9. The summed E-state index contributed by atoms with van der Waals surface area (Å²) in [6, 6.07) is 16.1. The van der Waals surface area contributed by atoms with E-state index in [-0.39, 0.29) is 29.6 Å². The van der Waals surface area contributed by atoms with Crippen LogP contribution in [-0.4, -0.2) is 28.7 Å². The molecular formula is C26H25FN4O4. The lowest BCUT2D eigenvalue weighted by molar-refractivity contribution is -0.121. The van der Waals surface area contributed by atoms with Crippen LogP contribution in [0.2, 0.25) is 0 Å². The van der Waals surface area contributed by atoms with Crippen molar-refractivity contribution in [3.63, 3.8) is 0 Å². The van der Waals surface area contributed by atoms with Crippen LogP contribution < -0.4 is 15.4 Å². The number of nitrogens with zero attached hydrogens (tertiary/aromatic N) is 2. The number of hydrogen-bond donors (Lipinski definition) is 2. The van der Waals surface area contributed by atoms with E-state index in [2.05, 4.69) is 15.7 Å². The Morgan fingerprint density at radius 2 is 1.91 bits per heavy atom. The maximum absolute atomic E-state index is 14.3. The molecule has 2 amide bonds. The highest BCUT2D eigenvalue weighted by molar-refractivity contribution is 5.93. The Kier molecular flexibility index (Phi) is 7.25. The van der Waals surface area contributed by atoms with Crippen LogP contribution in [0.1, 0.15) is 39.6 Å². The van der Waals surface area contributed by atoms with Gasteiger partial charge >= 0.3 is 0 Å². The molecule has 9 heteroatoms. The van der Waals surface area contributed by atoms with Crippen molar-refractivity contribution in [1.82, 2.24) is 20.4 Å². The minimum absolute atomic E-state index is 0.0135. The number of hydrogen-bond acceptors (Lipinski definition) is 5. The van der Waals surface area contributed by atoms with Crippen molar-refractivity contribution in [2.75, 3.05) is 7.11 Å². The highest BCUT2D eigenvalue weighted by Gasteiger charge is 2.24. The number of para-hydroxylation sites is 1. The van der Waals surface area contributed by atoms with Crippen molar-refractivity contribution in [3.8, 4) is 11.6 Å². The minimum atomic E-state index is -0.613. The molecule has 8 nitrogen and oxygen atoms in total. The summed E-state index contributed by atoms with van der Waals surface area (Å²) >= 11 is 0. The van der Waals surface area contributed by atoms with Gasteiger partial charge < -0.3 is 19.8 Å². The van der Waals surface area contributed by atoms with Crippen LogP contribution >= 0.6 is 0 Å². The number of ether oxygens (including phenoxy) is 1. The number of rotatable bonds is 9. The molecule has 0 spiro atoms. The van der Waals surface area contributed by atoms with Crippen LogP contribution in [0.4, 0.5) is 4.39 Å². The Balaban J connectivity index is 1.56. The van der Waals surface area contributed by atoms with Gasteiger partial charge in [-0.3, -0.25) is 9.59 Å². The molecule has 1 atom stereocenters. The number of furan rings is 1. The molecule has 4 rings (SSSR count). The zero-order valence-electron chi connectivity index (χ0n) is 19.3. The van der Waals surface area contributed by atoms with Gasteiger partial charge in [0, 0.05) is 18.2 Å². The van der Waals surface area contributed by atoms with E-state index in [0.29, 0.717) is 6.54 Å². The molecule has 35 heavy (non-hydrogen) atoms. The summed E-state index contributed by atoms with van der Waals surface area (Å²) in [5, 5.41) is 10.00. The average molecular weight is 477 g/mol. The van der Waals surface area contributed by atoms with Gasteiger partial charge in [-0.25, -0.2) is 4.39 Å². The second-order valence-electron chi connectivity index (χ2n) is 7.93. The molecule has 0 saturated carbocycles. The van der Waals surface area contributed by atoms with Gasteiger partial charge in [-0.2, -0.15) is 9.78 Å². The highest BCUT2D eigenvalue weighted by atomic mass is 19.1. The smallest absolute Gasteiger partial charge is 0.272 e. The molecular weight excluding hydrogens is 451 g/mol. The third kappa shape index (κ3) is 5.57. The van der Waals surface area contributed by atoms with Gasteiger partial charge in [0.05, 0.1) is 32.1 Å². The fourth-order valence-corrected chi connectivity index (χ4v) is 3.72. The van der Waals surface area contributed by atoms with Gasteiger partial charge in [0.15, 0.2) is 5.69 Å². The van der Waals surface area contributed by atoms with E-state index in [1.807, 2.05) is 31.2 Å². The predicted octanol–water partition coefficient (Wildman–Crippen LogP) is 4.10. The van der Waals surface area contributed by atoms with Crippen molar-refractivity contribution in [1.29, 1.82) is 0 Å². The molecule has 2 aromatic carbocycles. The molecule has 0 aliphatic rings. The maximum Gasteiger partial charge on any atom is 0.272 e. The zero-order chi connectivity index (χ0) is 24.8. The second-order valence-corrected chi connectivity index (χ2v) is 7.93. The van der Waals surface area contributed by atoms with E-state index in [0.717, 1.165) is 16.7 Å². The standard InChI is InChI=1S/C26H25FN4O4/c1-17-7-3-4-8-19(17)21(13-24(32)28-15-18-11-12-35-16-18)29-26(33)22-14-25(34-2)31(30-22)23-10-6-5-9-20(23)27/h3-12,14,16,21H,13,15H2,1-2H3,(H,28,32)(H,29,33)/t21-/m0/s1. The third-order valence-electron chi connectivity index (χ3n) is 5.53. The van der Waals surface area contributed by atoms with Crippen molar-refractivity contribution < 1.29 is 23.1 Å². The van der Waals surface area contributed by atoms with E-state index in [1.165, 1.54) is 36.3 Å². The van der Waals surface area contributed by atoms with Crippen molar-refractivity contribution in [2.24, 2.45) is 0 Å². The summed E-state index contributed by atoms with van der Waals surface area (Å²) < 4.78 is 25.9. The van der Waals surface area contributed by atoms with Crippen LogP contribution in [0.3, 0.4) is 0 Å². The van der Waals surface area contributed by atoms with Gasteiger partial charge in [-0.05, 0) is 36.2 Å². The molecule has 2 N–H and O–H groups in total. The number of aromatic nitrogens is 2. The average Bonchev–Trinajstić information content (AvgIpc) is 3.53. The number of benzene rings is 2. The van der Waals surface area contributed by atoms with Gasteiger partial charge in [-0.1, -0.05) is 36.4 Å². The monoisotopic (exact) mass is 476 g/mol. The van der Waals surface area contributed by atoms with Crippen molar-refractivity contribution >= 4 is 11.8 Å². The molecule has 0 aliphatic carbocycles. The van der Waals surface area contributed by atoms with Gasteiger partial charge in [0.1, 0.15) is 11.5 Å². The number of halogens is 1. The maximum atomic E-state index is 14.3. The van der Waals surface area contributed by atoms with E-state index in [9.17, 15) is 14.0 Å². The largest absolute Gasteiger partial charge is 0.481 e. The lowest BCUT2D eigenvalue weighted by Gasteiger charge is -2.20. The van der Waals surface area contributed by atoms with E-state index in [4.69, 9.17) is 9.15 Å². The fraction of sp³-hybridized carbons (Fsp3) is 0.192. The number of carbonyl (C=O) groups is 2. The summed E-state index contributed by atoms with van der Waals surface area (Å²) in [5.41, 5.74) is 2.75. The second kappa shape index (κ2) is 10.7. The van der Waals surface area contributed by atoms with Crippen molar-refractivity contribution in [3.05, 3.63) is 101 Å². The molecule has 0 aliphatic heterocycles. The number of carbonyl (C=O) groups excluding carboxylic acids is 2. The summed E-state index contributed by atoms with van der Waals surface area (Å²) in [6.45, 7) is 2.22. The number of amides is 2. The van der Waals surface area contributed by atoms with Crippen molar-refractivity contribution in [2.45, 2.75) is 25.9 Å². The normalized spacial score (nSPS) is 11.6. The third-order valence-corrected chi connectivity index (χ3v) is 5.53. The lowest BCUT2D eigenvalue weighted by atomic mass is 9.98. The molecule has 2 heterocycles. The number of nitrogens with one attached hydrogen (secondary N) is 2. The summed E-state index contributed by atoms with van der Waals surface area (Å²) in [6.07, 6.45) is 3.10. The summed E-state index contributed by atoms with van der Waals surface area (Å²) in [5.74, 6) is -1.07. The number of aryl methyl sites for hydroxylation is 1. The van der Waals surface area contributed by atoms with Crippen LogP contribution in [0, 0.1) is 12.7 Å². The Labute approximate surface area is 201 Å². The minimum Gasteiger partial charge on any atom is -0.481 e. The van der Waals surface area contributed by atoms with Gasteiger partial charge in [0.2, 0.25) is 11.8 Å². The molecule has 4 aromatic rings. The van der Waals surface area contributed by atoms with Gasteiger partial charge in [0.25, 0.3) is 5.91 Å². The molecule has 0 bridgehead atoms. The Morgan fingerprint density at radius 3 is 2.63 bits per heavy atom. The molecule has 0 radical (unpaired) electrons. The van der Waals surface area contributed by atoms with Crippen LogP contribution in [0.15, 0.2) is 77.6 Å². The van der Waals surface area contributed by atoms with E-state index < -0.39 is 17.8 Å². The molecule has 0 unspecified atom stereocenters. The first-order valence-corrected chi connectivity index (χ1v) is 11.0.